The Kier molecular flexibility index (Phi) is 1.81. The highest BCUT2D eigenvalue weighted by Crippen LogP contribution is 2.21. The standard InChI is InChI=1S/C9H7BrN2/c1-6-2-4-12-9-7(10)3-5-11-8(6)9/h2-5H,1H3. The molecule has 2 aromatic heterocycles. The van der Waals surface area contributed by atoms with Crippen LogP contribution in [0.5, 0.6) is 0 Å². The molecular weight excluding hydrogens is 216 g/mol. The van der Waals surface area contributed by atoms with Crippen LogP contribution in [0.15, 0.2) is 29.0 Å². The molecule has 3 heteroatoms. The van der Waals surface area contributed by atoms with E-state index in [1.54, 1.807) is 12.4 Å². The van der Waals surface area contributed by atoms with Gasteiger partial charge in [0.15, 0.2) is 0 Å². The Balaban J connectivity index is 2.94. The van der Waals surface area contributed by atoms with E-state index in [0.29, 0.717) is 0 Å². The molecule has 0 saturated heterocycles. The minimum Gasteiger partial charge on any atom is -0.254 e. The van der Waals surface area contributed by atoms with Gasteiger partial charge in [-0.2, -0.15) is 0 Å². The van der Waals surface area contributed by atoms with Crippen molar-refractivity contribution >= 4 is 27.0 Å². The molecule has 0 aromatic carbocycles. The van der Waals surface area contributed by atoms with Crippen LogP contribution in [0.3, 0.4) is 0 Å². The summed E-state index contributed by atoms with van der Waals surface area (Å²) in [4.78, 5) is 8.48. The van der Waals surface area contributed by atoms with Crippen LogP contribution in [0.1, 0.15) is 5.56 Å². The number of aromatic nitrogens is 2. The van der Waals surface area contributed by atoms with Gasteiger partial charge in [-0.05, 0) is 40.5 Å². The minimum atomic E-state index is 0.928. The lowest BCUT2D eigenvalue weighted by molar-refractivity contribution is 1.29. The molecule has 0 aliphatic carbocycles. The van der Waals surface area contributed by atoms with Crippen molar-refractivity contribution in [2.24, 2.45) is 0 Å². The number of pyridine rings is 2. The molecule has 0 bridgehead atoms. The van der Waals surface area contributed by atoms with Crippen molar-refractivity contribution in [1.82, 2.24) is 9.97 Å². The summed E-state index contributed by atoms with van der Waals surface area (Å²) >= 11 is 3.43. The predicted molar refractivity (Wildman–Crippen MR) is 52.0 cm³/mol. The number of hydrogen-bond donors (Lipinski definition) is 0. The average molecular weight is 223 g/mol. The molecule has 0 unspecified atom stereocenters. The van der Waals surface area contributed by atoms with Crippen molar-refractivity contribution in [2.75, 3.05) is 0 Å². The maximum Gasteiger partial charge on any atom is 0.103 e. The molecule has 0 aliphatic rings. The van der Waals surface area contributed by atoms with Crippen molar-refractivity contribution in [3.05, 3.63) is 34.6 Å². The van der Waals surface area contributed by atoms with Crippen LogP contribution in [0.2, 0.25) is 0 Å². The van der Waals surface area contributed by atoms with Gasteiger partial charge >= 0.3 is 0 Å². The molecule has 2 heterocycles. The zero-order chi connectivity index (χ0) is 8.55. The van der Waals surface area contributed by atoms with Gasteiger partial charge in [-0.3, -0.25) is 9.97 Å². The minimum absolute atomic E-state index is 0.928. The number of fused-ring (bicyclic) bond motifs is 1. The Morgan fingerprint density at radius 2 is 1.75 bits per heavy atom. The third-order valence-electron chi connectivity index (χ3n) is 1.78. The lowest BCUT2D eigenvalue weighted by Gasteiger charge is -2.00. The highest BCUT2D eigenvalue weighted by atomic mass is 79.9. The van der Waals surface area contributed by atoms with Crippen molar-refractivity contribution in [3.63, 3.8) is 0 Å². The first kappa shape index (κ1) is 7.68. The second-order valence-corrected chi connectivity index (χ2v) is 3.47. The van der Waals surface area contributed by atoms with Gasteiger partial charge < -0.3 is 0 Å². The Hall–Kier alpha value is -0.960. The fourth-order valence-corrected chi connectivity index (χ4v) is 1.55. The first-order valence-corrected chi connectivity index (χ1v) is 4.44. The fourth-order valence-electron chi connectivity index (χ4n) is 1.14. The highest BCUT2D eigenvalue weighted by molar-refractivity contribution is 9.10. The second kappa shape index (κ2) is 2.83. The molecule has 2 rings (SSSR count). The second-order valence-electron chi connectivity index (χ2n) is 2.62. The zero-order valence-electron chi connectivity index (χ0n) is 6.58. The van der Waals surface area contributed by atoms with Gasteiger partial charge in [-0.1, -0.05) is 0 Å². The van der Waals surface area contributed by atoms with Gasteiger partial charge in [-0.15, -0.1) is 0 Å². The molecular formula is C9H7BrN2. The van der Waals surface area contributed by atoms with Crippen molar-refractivity contribution in [1.29, 1.82) is 0 Å². The highest BCUT2D eigenvalue weighted by Gasteiger charge is 2.01. The molecule has 12 heavy (non-hydrogen) atoms. The maximum atomic E-state index is 4.25. The van der Waals surface area contributed by atoms with Crippen LogP contribution in [0.25, 0.3) is 11.0 Å². The molecule has 2 aromatic rings. The average Bonchev–Trinajstić information content (AvgIpc) is 2.07. The summed E-state index contributed by atoms with van der Waals surface area (Å²) in [5, 5.41) is 0. The molecule has 0 N–H and O–H groups in total. The molecule has 0 saturated carbocycles. The molecule has 0 atom stereocenters. The van der Waals surface area contributed by atoms with E-state index < -0.39 is 0 Å². The quantitative estimate of drug-likeness (QED) is 0.686. The third kappa shape index (κ3) is 1.10. The summed E-state index contributed by atoms with van der Waals surface area (Å²) in [6, 6.07) is 3.86. The Morgan fingerprint density at radius 3 is 2.50 bits per heavy atom. The van der Waals surface area contributed by atoms with Crippen molar-refractivity contribution < 1.29 is 0 Å². The van der Waals surface area contributed by atoms with E-state index in [1.165, 1.54) is 0 Å². The monoisotopic (exact) mass is 222 g/mol. The van der Waals surface area contributed by atoms with Crippen LogP contribution in [0.4, 0.5) is 0 Å². The number of nitrogens with zero attached hydrogens (tertiary/aromatic N) is 2. The summed E-state index contributed by atoms with van der Waals surface area (Å²) in [7, 11) is 0. The van der Waals surface area contributed by atoms with E-state index in [1.807, 2.05) is 19.1 Å². The largest absolute Gasteiger partial charge is 0.254 e. The van der Waals surface area contributed by atoms with Gasteiger partial charge in [-0.25, -0.2) is 0 Å². The van der Waals surface area contributed by atoms with Gasteiger partial charge in [0, 0.05) is 16.9 Å². The lowest BCUT2D eigenvalue weighted by Crippen LogP contribution is -1.86. The number of hydrogen-bond acceptors (Lipinski definition) is 2. The lowest BCUT2D eigenvalue weighted by atomic mass is 10.2. The summed E-state index contributed by atoms with van der Waals surface area (Å²) in [6.45, 7) is 2.03. The summed E-state index contributed by atoms with van der Waals surface area (Å²) in [5.74, 6) is 0. The van der Waals surface area contributed by atoms with E-state index >= 15 is 0 Å². The zero-order valence-corrected chi connectivity index (χ0v) is 8.17. The van der Waals surface area contributed by atoms with Gasteiger partial charge in [0.05, 0.1) is 5.52 Å². The van der Waals surface area contributed by atoms with E-state index in [4.69, 9.17) is 0 Å². The number of halogens is 1. The molecule has 0 amide bonds. The molecule has 0 spiro atoms. The van der Waals surface area contributed by atoms with Gasteiger partial charge in [0.1, 0.15) is 5.52 Å². The maximum absolute atomic E-state index is 4.25. The Morgan fingerprint density at radius 1 is 1.08 bits per heavy atom. The molecule has 2 nitrogen and oxygen atoms in total. The van der Waals surface area contributed by atoms with Crippen molar-refractivity contribution in [2.45, 2.75) is 6.92 Å². The van der Waals surface area contributed by atoms with Crippen LogP contribution >= 0.6 is 15.9 Å². The van der Waals surface area contributed by atoms with Crippen LogP contribution in [0, 0.1) is 6.92 Å². The van der Waals surface area contributed by atoms with Gasteiger partial charge in [0.2, 0.25) is 0 Å². The van der Waals surface area contributed by atoms with Crippen LogP contribution in [-0.4, -0.2) is 9.97 Å². The third-order valence-corrected chi connectivity index (χ3v) is 2.42. The van der Waals surface area contributed by atoms with E-state index in [-0.39, 0.29) is 0 Å². The summed E-state index contributed by atoms with van der Waals surface area (Å²) < 4.78 is 0.996. The van der Waals surface area contributed by atoms with Gasteiger partial charge in [0.25, 0.3) is 0 Å². The summed E-state index contributed by atoms with van der Waals surface area (Å²) in [5.41, 5.74) is 3.05. The van der Waals surface area contributed by atoms with Crippen LogP contribution in [-0.2, 0) is 0 Å². The Labute approximate surface area is 78.8 Å². The first-order valence-electron chi connectivity index (χ1n) is 3.65. The Bertz CT molecular complexity index is 385. The fraction of sp³-hybridized carbons (Fsp3) is 0.111. The van der Waals surface area contributed by atoms with Crippen molar-refractivity contribution in [3.8, 4) is 0 Å². The first-order chi connectivity index (χ1) is 5.79. The van der Waals surface area contributed by atoms with Crippen LogP contribution < -0.4 is 0 Å². The predicted octanol–water partition coefficient (Wildman–Crippen LogP) is 2.70. The van der Waals surface area contributed by atoms with E-state index in [2.05, 4.69) is 25.9 Å². The molecule has 0 aliphatic heterocycles. The number of aryl methyl sites for hydroxylation is 1. The SMILES string of the molecule is Cc1ccnc2c(Br)ccnc12. The summed E-state index contributed by atoms with van der Waals surface area (Å²) in [6.07, 6.45) is 3.57. The van der Waals surface area contributed by atoms with E-state index in [0.717, 1.165) is 21.1 Å². The smallest absolute Gasteiger partial charge is 0.103 e. The molecule has 60 valence electrons. The molecule has 0 radical (unpaired) electrons. The normalized spacial score (nSPS) is 10.5. The number of rotatable bonds is 0. The molecule has 0 fully saturated rings. The topological polar surface area (TPSA) is 25.8 Å². The van der Waals surface area contributed by atoms with E-state index in [9.17, 15) is 0 Å².